The third kappa shape index (κ3) is 2.94. The van der Waals surface area contributed by atoms with Crippen LogP contribution in [0.25, 0.3) is 0 Å². The Kier molecular flexibility index (Phi) is 3.58. The van der Waals surface area contributed by atoms with Crippen molar-refractivity contribution >= 4 is 17.3 Å². The number of ether oxygens (including phenoxy) is 1. The summed E-state index contributed by atoms with van der Waals surface area (Å²) in [5.74, 6) is 1.29. The molecule has 1 N–H and O–H groups in total. The number of nitrogens with zero attached hydrogens (tertiary/aromatic N) is 2. The molecule has 0 aliphatic rings. The monoisotopic (exact) mass is 249 g/mol. The van der Waals surface area contributed by atoms with E-state index in [2.05, 4.69) is 35.2 Å². The number of methoxy groups -OCH3 is 1. The second-order valence-electron chi connectivity index (χ2n) is 3.75. The zero-order valence-corrected chi connectivity index (χ0v) is 11.0. The number of rotatable bonds is 4. The molecule has 0 saturated carbocycles. The highest BCUT2D eigenvalue weighted by Crippen LogP contribution is 2.21. The fourth-order valence-electron chi connectivity index (χ4n) is 1.42. The fourth-order valence-corrected chi connectivity index (χ4v) is 2.41. The number of aromatic nitrogens is 2. The summed E-state index contributed by atoms with van der Waals surface area (Å²) in [5.41, 5.74) is 1.34. The molecule has 0 unspecified atom stereocenters. The predicted molar refractivity (Wildman–Crippen MR) is 69.7 cm³/mol. The van der Waals surface area contributed by atoms with Crippen LogP contribution in [-0.2, 0) is 6.54 Å². The van der Waals surface area contributed by atoms with E-state index >= 15 is 0 Å². The van der Waals surface area contributed by atoms with Crippen molar-refractivity contribution in [3.8, 4) is 5.75 Å². The minimum absolute atomic E-state index is 0.620. The van der Waals surface area contributed by atoms with Crippen molar-refractivity contribution in [3.05, 3.63) is 33.8 Å². The van der Waals surface area contributed by atoms with Gasteiger partial charge in [0, 0.05) is 9.75 Å². The van der Waals surface area contributed by atoms with Gasteiger partial charge in [-0.1, -0.05) is 0 Å². The van der Waals surface area contributed by atoms with E-state index in [-0.39, 0.29) is 0 Å². The lowest BCUT2D eigenvalue weighted by Gasteiger charge is -2.03. The van der Waals surface area contributed by atoms with Crippen LogP contribution in [0, 0.1) is 13.8 Å². The van der Waals surface area contributed by atoms with Crippen LogP contribution in [0.5, 0.6) is 5.75 Å². The van der Waals surface area contributed by atoms with Gasteiger partial charge >= 0.3 is 0 Å². The van der Waals surface area contributed by atoms with E-state index in [0.717, 1.165) is 6.54 Å². The molecule has 0 fully saturated rings. The lowest BCUT2D eigenvalue weighted by atomic mass is 10.3. The predicted octanol–water partition coefficient (Wildman–Crippen LogP) is 2.78. The van der Waals surface area contributed by atoms with Crippen molar-refractivity contribution in [2.24, 2.45) is 0 Å². The Morgan fingerprint density at radius 2 is 2.00 bits per heavy atom. The zero-order chi connectivity index (χ0) is 12.3. The van der Waals surface area contributed by atoms with E-state index in [9.17, 15) is 0 Å². The normalized spacial score (nSPS) is 10.3. The molecular formula is C12H15N3OS. The lowest BCUT2D eigenvalue weighted by molar-refractivity contribution is 0.411. The first-order valence-corrected chi connectivity index (χ1v) is 6.16. The molecule has 4 nitrogen and oxygen atoms in total. The minimum atomic E-state index is 0.620. The van der Waals surface area contributed by atoms with Gasteiger partial charge in [0.1, 0.15) is 0 Å². The van der Waals surface area contributed by atoms with Gasteiger partial charge in [-0.25, -0.2) is 9.97 Å². The van der Waals surface area contributed by atoms with Crippen LogP contribution in [0.1, 0.15) is 15.3 Å². The topological polar surface area (TPSA) is 47.0 Å². The third-order valence-electron chi connectivity index (χ3n) is 2.50. The van der Waals surface area contributed by atoms with Crippen LogP contribution in [0.2, 0.25) is 0 Å². The van der Waals surface area contributed by atoms with E-state index in [1.54, 1.807) is 30.8 Å². The van der Waals surface area contributed by atoms with Crippen molar-refractivity contribution in [1.82, 2.24) is 9.97 Å². The summed E-state index contributed by atoms with van der Waals surface area (Å²) in [6.45, 7) is 5.01. The summed E-state index contributed by atoms with van der Waals surface area (Å²) >= 11 is 1.80. The minimum Gasteiger partial charge on any atom is -0.494 e. The molecule has 0 aliphatic carbocycles. The molecule has 0 radical (unpaired) electrons. The van der Waals surface area contributed by atoms with Gasteiger partial charge in [0.25, 0.3) is 0 Å². The van der Waals surface area contributed by atoms with Gasteiger partial charge in [-0.2, -0.15) is 0 Å². The molecule has 0 aliphatic heterocycles. The standard InChI is InChI=1S/C12H15N3OS/c1-8-4-11(17-9(8)2)7-15-12-13-5-10(16-3)6-14-12/h4-6H,7H2,1-3H3,(H,13,14,15). The summed E-state index contributed by atoms with van der Waals surface area (Å²) in [5, 5.41) is 3.19. The van der Waals surface area contributed by atoms with E-state index in [4.69, 9.17) is 4.74 Å². The first-order valence-electron chi connectivity index (χ1n) is 5.35. The van der Waals surface area contributed by atoms with Gasteiger partial charge < -0.3 is 10.1 Å². The second-order valence-corrected chi connectivity index (χ2v) is 5.09. The quantitative estimate of drug-likeness (QED) is 0.905. The number of nitrogens with one attached hydrogen (secondary N) is 1. The Morgan fingerprint density at radius 1 is 1.29 bits per heavy atom. The first kappa shape index (κ1) is 11.9. The average molecular weight is 249 g/mol. The number of hydrogen-bond acceptors (Lipinski definition) is 5. The molecule has 2 heterocycles. The van der Waals surface area contributed by atoms with Gasteiger partial charge in [0.05, 0.1) is 26.0 Å². The highest BCUT2D eigenvalue weighted by atomic mass is 32.1. The van der Waals surface area contributed by atoms with E-state index in [0.29, 0.717) is 11.7 Å². The summed E-state index contributed by atoms with van der Waals surface area (Å²) in [6, 6.07) is 2.19. The first-order chi connectivity index (χ1) is 8.19. The maximum atomic E-state index is 5.00. The van der Waals surface area contributed by atoms with Crippen molar-refractivity contribution in [3.63, 3.8) is 0 Å². The highest BCUT2D eigenvalue weighted by molar-refractivity contribution is 7.12. The Bertz CT molecular complexity index is 473. The van der Waals surface area contributed by atoms with Crippen LogP contribution in [0.15, 0.2) is 18.5 Å². The van der Waals surface area contributed by atoms with Gasteiger partial charge in [-0.15, -0.1) is 11.3 Å². The van der Waals surface area contributed by atoms with Crippen LogP contribution >= 0.6 is 11.3 Å². The van der Waals surface area contributed by atoms with Crippen LogP contribution < -0.4 is 10.1 Å². The Balaban J connectivity index is 1.97. The summed E-state index contributed by atoms with van der Waals surface area (Å²) in [6.07, 6.45) is 3.31. The Labute approximate surface area is 105 Å². The molecular weight excluding hydrogens is 234 g/mol. The van der Waals surface area contributed by atoms with Crippen molar-refractivity contribution in [1.29, 1.82) is 0 Å². The lowest BCUT2D eigenvalue weighted by Crippen LogP contribution is -2.02. The maximum Gasteiger partial charge on any atom is 0.223 e. The SMILES string of the molecule is COc1cnc(NCc2cc(C)c(C)s2)nc1. The molecule has 90 valence electrons. The molecule has 17 heavy (non-hydrogen) atoms. The third-order valence-corrected chi connectivity index (χ3v) is 3.65. The van der Waals surface area contributed by atoms with E-state index in [1.165, 1.54) is 15.3 Å². The van der Waals surface area contributed by atoms with Crippen LogP contribution in [-0.4, -0.2) is 17.1 Å². The van der Waals surface area contributed by atoms with Gasteiger partial charge in [0.15, 0.2) is 5.75 Å². The van der Waals surface area contributed by atoms with Crippen LogP contribution in [0.3, 0.4) is 0 Å². The smallest absolute Gasteiger partial charge is 0.223 e. The molecule has 0 bridgehead atoms. The number of aryl methyl sites for hydroxylation is 2. The van der Waals surface area contributed by atoms with Gasteiger partial charge in [0.2, 0.25) is 5.95 Å². The van der Waals surface area contributed by atoms with E-state index in [1.807, 2.05) is 0 Å². The molecule has 0 saturated heterocycles. The summed E-state index contributed by atoms with van der Waals surface area (Å²) in [7, 11) is 1.60. The second kappa shape index (κ2) is 5.14. The Hall–Kier alpha value is -1.62. The molecule has 5 heteroatoms. The fraction of sp³-hybridized carbons (Fsp3) is 0.333. The molecule has 2 aromatic heterocycles. The highest BCUT2D eigenvalue weighted by Gasteiger charge is 2.02. The zero-order valence-electron chi connectivity index (χ0n) is 10.2. The van der Waals surface area contributed by atoms with E-state index < -0.39 is 0 Å². The Morgan fingerprint density at radius 3 is 2.53 bits per heavy atom. The summed E-state index contributed by atoms with van der Waals surface area (Å²) in [4.78, 5) is 11.0. The molecule has 0 aromatic carbocycles. The number of thiophene rings is 1. The molecule has 0 atom stereocenters. The molecule has 2 aromatic rings. The van der Waals surface area contributed by atoms with Gasteiger partial charge in [-0.3, -0.25) is 0 Å². The molecule has 0 spiro atoms. The maximum absolute atomic E-state index is 5.00. The largest absolute Gasteiger partial charge is 0.494 e. The molecule has 0 amide bonds. The summed E-state index contributed by atoms with van der Waals surface area (Å²) < 4.78 is 5.00. The van der Waals surface area contributed by atoms with Crippen LogP contribution in [0.4, 0.5) is 5.95 Å². The van der Waals surface area contributed by atoms with Crippen molar-refractivity contribution in [2.75, 3.05) is 12.4 Å². The van der Waals surface area contributed by atoms with Crippen molar-refractivity contribution in [2.45, 2.75) is 20.4 Å². The number of hydrogen-bond donors (Lipinski definition) is 1. The number of anilines is 1. The average Bonchev–Trinajstić information content (AvgIpc) is 2.67. The molecule has 2 rings (SSSR count). The van der Waals surface area contributed by atoms with Gasteiger partial charge in [-0.05, 0) is 25.5 Å². The van der Waals surface area contributed by atoms with Crippen molar-refractivity contribution < 1.29 is 4.74 Å².